The maximum absolute atomic E-state index is 9.60. The summed E-state index contributed by atoms with van der Waals surface area (Å²) in [5.74, 6) is 0. The Morgan fingerprint density at radius 3 is 2.56 bits per heavy atom. The highest BCUT2D eigenvalue weighted by Gasteiger charge is 1.81. The molecule has 0 spiro atoms. The standard InChI is InChI=1S/C5H10O3.Mg.2H/c1-7-4-5-8-3-2-6;;;/h2H,3-5H2,1H3;;;. The summed E-state index contributed by atoms with van der Waals surface area (Å²) in [5, 5.41) is 0. The van der Waals surface area contributed by atoms with Gasteiger partial charge in [-0.05, 0) is 0 Å². The third-order valence-electron chi connectivity index (χ3n) is 0.618. The highest BCUT2D eigenvalue weighted by atomic mass is 24.3. The molecule has 0 aliphatic heterocycles. The molecule has 0 aromatic heterocycles. The van der Waals surface area contributed by atoms with Crippen molar-refractivity contribution in [3.8, 4) is 0 Å². The number of hydrogen-bond acceptors (Lipinski definition) is 3. The van der Waals surface area contributed by atoms with Crippen LogP contribution in [-0.2, 0) is 14.3 Å². The zero-order chi connectivity index (χ0) is 6.24. The molecule has 0 saturated carbocycles. The number of hydrogen-bond donors (Lipinski definition) is 0. The predicted octanol–water partition coefficient (Wildman–Crippen LogP) is -1.07. The van der Waals surface area contributed by atoms with E-state index in [9.17, 15) is 4.79 Å². The van der Waals surface area contributed by atoms with Gasteiger partial charge in [0, 0.05) is 7.11 Å². The lowest BCUT2D eigenvalue weighted by atomic mass is 10.7. The summed E-state index contributed by atoms with van der Waals surface area (Å²) < 4.78 is 9.38. The van der Waals surface area contributed by atoms with Gasteiger partial charge in [-0.15, -0.1) is 0 Å². The number of carbonyl (C=O) groups excluding carboxylic acids is 1. The Kier molecular flexibility index (Phi) is 15.0. The fourth-order valence-corrected chi connectivity index (χ4v) is 0.274. The van der Waals surface area contributed by atoms with E-state index in [1.54, 1.807) is 7.11 Å². The van der Waals surface area contributed by atoms with E-state index >= 15 is 0 Å². The largest absolute Gasteiger partial charge is 0.382 e. The second-order valence-corrected chi connectivity index (χ2v) is 1.23. The van der Waals surface area contributed by atoms with E-state index in [4.69, 9.17) is 4.74 Å². The van der Waals surface area contributed by atoms with Gasteiger partial charge in [-0.3, -0.25) is 0 Å². The predicted molar refractivity (Wildman–Crippen MR) is 37.3 cm³/mol. The highest BCUT2D eigenvalue weighted by molar-refractivity contribution is 5.75. The van der Waals surface area contributed by atoms with Crippen molar-refractivity contribution >= 4 is 29.3 Å². The maximum Gasteiger partial charge on any atom is 0.316 e. The summed E-state index contributed by atoms with van der Waals surface area (Å²) in [4.78, 5) is 9.60. The summed E-state index contributed by atoms with van der Waals surface area (Å²) in [6.07, 6.45) is 0.718. The van der Waals surface area contributed by atoms with Gasteiger partial charge < -0.3 is 14.3 Å². The molecule has 0 aliphatic rings. The molecule has 0 atom stereocenters. The van der Waals surface area contributed by atoms with Gasteiger partial charge >= 0.3 is 23.1 Å². The minimum Gasteiger partial charge on any atom is -0.382 e. The average molecular weight is 144 g/mol. The summed E-state index contributed by atoms with van der Waals surface area (Å²) in [7, 11) is 1.59. The second kappa shape index (κ2) is 11.2. The molecular formula is C5H12MgO3. The Labute approximate surface area is 70.9 Å². The lowest BCUT2D eigenvalue weighted by Crippen LogP contribution is -2.02. The number of rotatable bonds is 5. The minimum atomic E-state index is 0. The van der Waals surface area contributed by atoms with Crippen molar-refractivity contribution in [2.75, 3.05) is 26.9 Å². The van der Waals surface area contributed by atoms with Crippen molar-refractivity contribution in [1.82, 2.24) is 0 Å². The third kappa shape index (κ3) is 11.8. The molecule has 0 amide bonds. The molecule has 0 aliphatic carbocycles. The maximum atomic E-state index is 9.60. The zero-order valence-electron chi connectivity index (χ0n) is 4.92. The van der Waals surface area contributed by atoms with E-state index in [2.05, 4.69) is 4.74 Å². The summed E-state index contributed by atoms with van der Waals surface area (Å²) in [5.41, 5.74) is 0. The van der Waals surface area contributed by atoms with Crippen LogP contribution in [0.25, 0.3) is 0 Å². The molecule has 3 nitrogen and oxygen atoms in total. The van der Waals surface area contributed by atoms with E-state index < -0.39 is 0 Å². The van der Waals surface area contributed by atoms with Gasteiger partial charge in [-0.2, -0.15) is 0 Å². The van der Waals surface area contributed by atoms with E-state index in [1.807, 2.05) is 0 Å². The highest BCUT2D eigenvalue weighted by Crippen LogP contribution is 1.70. The molecule has 9 heavy (non-hydrogen) atoms. The first-order valence-corrected chi connectivity index (χ1v) is 2.42. The van der Waals surface area contributed by atoms with Crippen LogP contribution in [0.15, 0.2) is 0 Å². The van der Waals surface area contributed by atoms with Gasteiger partial charge in [-0.1, -0.05) is 0 Å². The Morgan fingerprint density at radius 2 is 2.11 bits per heavy atom. The molecule has 0 rings (SSSR count). The van der Waals surface area contributed by atoms with E-state index in [0.29, 0.717) is 13.2 Å². The molecule has 52 valence electrons. The molecule has 0 bridgehead atoms. The van der Waals surface area contributed by atoms with Gasteiger partial charge in [-0.25, -0.2) is 0 Å². The van der Waals surface area contributed by atoms with Crippen LogP contribution in [0.2, 0.25) is 0 Å². The molecule has 0 aromatic carbocycles. The Morgan fingerprint density at radius 1 is 1.44 bits per heavy atom. The second-order valence-electron chi connectivity index (χ2n) is 1.23. The first kappa shape index (κ1) is 12.1. The Bertz CT molecular complexity index is 58.2. The van der Waals surface area contributed by atoms with Crippen molar-refractivity contribution in [2.24, 2.45) is 0 Å². The van der Waals surface area contributed by atoms with Crippen LogP contribution in [0, 0.1) is 0 Å². The van der Waals surface area contributed by atoms with Gasteiger partial charge in [0.05, 0.1) is 13.2 Å². The fraction of sp³-hybridized carbons (Fsp3) is 0.800. The Hall–Kier alpha value is 0.356. The first-order chi connectivity index (χ1) is 3.91. The van der Waals surface area contributed by atoms with Crippen LogP contribution in [0.4, 0.5) is 0 Å². The van der Waals surface area contributed by atoms with Crippen LogP contribution < -0.4 is 0 Å². The molecular weight excluding hydrogens is 132 g/mol. The average Bonchev–Trinajstić information content (AvgIpc) is 1.81. The summed E-state index contributed by atoms with van der Waals surface area (Å²) in [6.45, 7) is 1.21. The normalized spacial score (nSPS) is 8.11. The van der Waals surface area contributed by atoms with Crippen molar-refractivity contribution < 1.29 is 14.3 Å². The van der Waals surface area contributed by atoms with Gasteiger partial charge in [0.2, 0.25) is 0 Å². The fourth-order valence-electron chi connectivity index (χ4n) is 0.274. The first-order valence-electron chi connectivity index (χ1n) is 2.42. The van der Waals surface area contributed by atoms with Crippen molar-refractivity contribution in [2.45, 2.75) is 0 Å². The van der Waals surface area contributed by atoms with Crippen LogP contribution >= 0.6 is 0 Å². The number of methoxy groups -OCH3 is 1. The van der Waals surface area contributed by atoms with Gasteiger partial charge in [0.25, 0.3) is 0 Å². The monoisotopic (exact) mass is 144 g/mol. The smallest absolute Gasteiger partial charge is 0.316 e. The van der Waals surface area contributed by atoms with Gasteiger partial charge in [0.1, 0.15) is 12.9 Å². The lowest BCUT2D eigenvalue weighted by Gasteiger charge is -1.95. The number of aldehydes is 1. The van der Waals surface area contributed by atoms with Crippen LogP contribution in [0.1, 0.15) is 0 Å². The summed E-state index contributed by atoms with van der Waals surface area (Å²) >= 11 is 0. The molecule has 0 saturated heterocycles. The lowest BCUT2D eigenvalue weighted by molar-refractivity contribution is -0.112. The quantitative estimate of drug-likeness (QED) is 0.280. The SMILES string of the molecule is COCCOCC=O.[MgH2]. The van der Waals surface area contributed by atoms with Crippen LogP contribution in [0.3, 0.4) is 0 Å². The molecule has 0 aromatic rings. The molecule has 0 fully saturated rings. The van der Waals surface area contributed by atoms with Crippen LogP contribution in [-0.4, -0.2) is 56.3 Å². The topological polar surface area (TPSA) is 35.5 Å². The van der Waals surface area contributed by atoms with Crippen LogP contribution in [0.5, 0.6) is 0 Å². The summed E-state index contributed by atoms with van der Waals surface area (Å²) in [6, 6.07) is 0. The molecule has 0 heterocycles. The van der Waals surface area contributed by atoms with E-state index in [1.165, 1.54) is 0 Å². The Balaban J connectivity index is 0. The molecule has 0 radical (unpaired) electrons. The third-order valence-corrected chi connectivity index (χ3v) is 0.618. The number of ether oxygens (including phenoxy) is 2. The van der Waals surface area contributed by atoms with E-state index in [0.717, 1.165) is 6.29 Å². The zero-order valence-corrected chi connectivity index (χ0v) is 4.92. The van der Waals surface area contributed by atoms with Crippen molar-refractivity contribution in [3.63, 3.8) is 0 Å². The van der Waals surface area contributed by atoms with Crippen molar-refractivity contribution in [3.05, 3.63) is 0 Å². The molecule has 4 heteroatoms. The molecule has 0 unspecified atom stereocenters. The van der Waals surface area contributed by atoms with Crippen molar-refractivity contribution in [1.29, 1.82) is 0 Å². The van der Waals surface area contributed by atoms with Gasteiger partial charge in [0.15, 0.2) is 0 Å². The molecule has 0 N–H and O–H groups in total. The van der Waals surface area contributed by atoms with E-state index in [-0.39, 0.29) is 29.7 Å². The number of carbonyl (C=O) groups is 1. The minimum absolute atomic E-state index is 0.